The van der Waals surface area contributed by atoms with E-state index in [-0.39, 0.29) is 18.4 Å². The van der Waals surface area contributed by atoms with Gasteiger partial charge in [-0.1, -0.05) is 23.7 Å². The van der Waals surface area contributed by atoms with Crippen molar-refractivity contribution < 1.29 is 19.0 Å². The quantitative estimate of drug-likeness (QED) is 0.396. The van der Waals surface area contributed by atoms with Crippen LogP contribution in [-0.4, -0.2) is 25.7 Å². The molecular weight excluding hydrogens is 438 g/mol. The van der Waals surface area contributed by atoms with E-state index in [0.29, 0.717) is 36.3 Å². The third kappa shape index (κ3) is 4.79. The van der Waals surface area contributed by atoms with Crippen molar-refractivity contribution in [2.24, 2.45) is 0 Å². The second kappa shape index (κ2) is 10.2. The van der Waals surface area contributed by atoms with E-state index in [0.717, 1.165) is 28.1 Å². The first-order valence-corrected chi connectivity index (χ1v) is 11.7. The second-order valence-electron chi connectivity index (χ2n) is 7.69. The molecule has 0 N–H and O–H groups in total. The van der Waals surface area contributed by atoms with Crippen LogP contribution in [0.3, 0.4) is 0 Å². The maximum atomic E-state index is 13.5. The summed E-state index contributed by atoms with van der Waals surface area (Å²) in [4.78, 5) is 15.3. The van der Waals surface area contributed by atoms with Crippen molar-refractivity contribution in [1.82, 2.24) is 0 Å². The molecule has 0 radical (unpaired) electrons. The molecule has 0 aromatic heterocycles. The lowest BCUT2D eigenvalue weighted by atomic mass is 9.86. The monoisotopic (exact) mass is 465 g/mol. The summed E-state index contributed by atoms with van der Waals surface area (Å²) in [6.07, 6.45) is 0.276. The number of anilines is 1. The molecule has 172 valence electrons. The topological polar surface area (TPSA) is 48.0 Å². The van der Waals surface area contributed by atoms with Crippen molar-refractivity contribution in [2.75, 3.05) is 24.7 Å². The molecule has 1 heterocycles. The van der Waals surface area contributed by atoms with E-state index in [1.807, 2.05) is 74.2 Å². The molecule has 0 bridgehead atoms. The first-order chi connectivity index (χ1) is 16.0. The molecule has 3 aromatic rings. The second-order valence-corrected chi connectivity index (χ2v) is 8.12. The highest BCUT2D eigenvalue weighted by molar-refractivity contribution is 6.30. The summed E-state index contributed by atoms with van der Waals surface area (Å²) in [5, 5.41) is 0.626. The summed E-state index contributed by atoms with van der Waals surface area (Å²) in [7, 11) is 0. The highest BCUT2D eigenvalue weighted by Crippen LogP contribution is 2.43. The Bertz CT molecular complexity index is 1110. The van der Waals surface area contributed by atoms with E-state index in [2.05, 4.69) is 0 Å². The maximum Gasteiger partial charge on any atom is 0.232 e. The number of fused-ring (bicyclic) bond motifs is 1. The van der Waals surface area contributed by atoms with Crippen LogP contribution in [0.4, 0.5) is 5.69 Å². The van der Waals surface area contributed by atoms with Crippen LogP contribution in [0.1, 0.15) is 43.5 Å². The molecule has 0 spiro atoms. The van der Waals surface area contributed by atoms with E-state index < -0.39 is 0 Å². The molecule has 33 heavy (non-hydrogen) atoms. The van der Waals surface area contributed by atoms with Crippen molar-refractivity contribution in [3.05, 3.63) is 82.4 Å². The van der Waals surface area contributed by atoms with Crippen LogP contribution in [0.5, 0.6) is 17.2 Å². The largest absolute Gasteiger partial charge is 0.494 e. The third-order valence-electron chi connectivity index (χ3n) is 5.58. The van der Waals surface area contributed by atoms with Crippen molar-refractivity contribution >= 4 is 23.2 Å². The molecular formula is C27H28ClNO4. The molecule has 1 atom stereocenters. The van der Waals surface area contributed by atoms with E-state index >= 15 is 0 Å². The lowest BCUT2D eigenvalue weighted by Crippen LogP contribution is -2.41. The number of halogens is 1. The third-order valence-corrected chi connectivity index (χ3v) is 5.83. The van der Waals surface area contributed by atoms with Gasteiger partial charge in [-0.2, -0.15) is 0 Å². The predicted molar refractivity (Wildman–Crippen MR) is 131 cm³/mol. The number of rotatable bonds is 8. The average Bonchev–Trinajstić information content (AvgIpc) is 2.81. The summed E-state index contributed by atoms with van der Waals surface area (Å²) < 4.78 is 17.4. The molecule has 6 heteroatoms. The highest BCUT2D eigenvalue weighted by Gasteiger charge is 2.36. The van der Waals surface area contributed by atoms with E-state index in [1.165, 1.54) is 0 Å². The normalized spacial score (nSPS) is 15.2. The zero-order valence-corrected chi connectivity index (χ0v) is 19.9. The van der Waals surface area contributed by atoms with Crippen LogP contribution < -0.4 is 19.1 Å². The van der Waals surface area contributed by atoms with Crippen molar-refractivity contribution in [1.29, 1.82) is 0 Å². The van der Waals surface area contributed by atoms with Crippen LogP contribution in [0.15, 0.2) is 60.7 Å². The number of hydrogen-bond acceptors (Lipinski definition) is 4. The van der Waals surface area contributed by atoms with Gasteiger partial charge < -0.3 is 19.1 Å². The lowest BCUT2D eigenvalue weighted by Gasteiger charge is -2.38. The molecule has 1 amide bonds. The number of carbonyl (C=O) groups is 1. The molecule has 3 aromatic carbocycles. The lowest BCUT2D eigenvalue weighted by molar-refractivity contribution is -0.118. The Balaban J connectivity index is 1.88. The van der Waals surface area contributed by atoms with Crippen LogP contribution in [0.2, 0.25) is 5.02 Å². The van der Waals surface area contributed by atoms with Crippen LogP contribution in [0, 0.1) is 0 Å². The Kier molecular flexibility index (Phi) is 7.09. The smallest absolute Gasteiger partial charge is 0.232 e. The maximum absolute atomic E-state index is 13.5. The van der Waals surface area contributed by atoms with Gasteiger partial charge in [0.15, 0.2) is 11.5 Å². The van der Waals surface area contributed by atoms with E-state index in [1.54, 1.807) is 12.1 Å². The van der Waals surface area contributed by atoms with Crippen molar-refractivity contribution in [3.8, 4) is 17.2 Å². The SMILES string of the molecule is CCOc1ccc([C@@H]2c3cc(OCC)c(OCC)cc3CC(=O)N2c2ccc(Cl)cc2)cc1. The fourth-order valence-electron chi connectivity index (χ4n) is 4.23. The zero-order chi connectivity index (χ0) is 23.4. The van der Waals surface area contributed by atoms with Crippen LogP contribution >= 0.6 is 11.6 Å². The molecule has 0 unspecified atom stereocenters. The van der Waals surface area contributed by atoms with Gasteiger partial charge in [-0.15, -0.1) is 0 Å². The van der Waals surface area contributed by atoms with Gasteiger partial charge in [-0.3, -0.25) is 4.79 Å². The van der Waals surface area contributed by atoms with E-state index in [9.17, 15) is 4.79 Å². The fourth-order valence-corrected chi connectivity index (χ4v) is 4.36. The standard InChI is InChI=1S/C27H28ClNO4/c1-4-31-22-13-7-18(8-14-22)27-23-17-25(33-6-3)24(32-5-2)15-19(23)16-26(30)29(27)21-11-9-20(28)10-12-21/h7-15,17,27H,4-6,16H2,1-3H3/t27-/m1/s1. The number of carbonyl (C=O) groups excluding carboxylic acids is 1. The molecule has 0 aliphatic carbocycles. The molecule has 1 aliphatic heterocycles. The number of ether oxygens (including phenoxy) is 3. The van der Waals surface area contributed by atoms with Crippen molar-refractivity contribution in [2.45, 2.75) is 33.2 Å². The first kappa shape index (κ1) is 23.0. The fraction of sp³-hybridized carbons (Fsp3) is 0.296. The molecule has 5 nitrogen and oxygen atoms in total. The minimum absolute atomic E-state index is 0.00955. The predicted octanol–water partition coefficient (Wildman–Crippen LogP) is 6.21. The van der Waals surface area contributed by atoms with Gasteiger partial charge >= 0.3 is 0 Å². The van der Waals surface area contributed by atoms with Gasteiger partial charge in [0.05, 0.1) is 32.3 Å². The zero-order valence-electron chi connectivity index (χ0n) is 19.1. The molecule has 0 fully saturated rings. The number of hydrogen-bond donors (Lipinski definition) is 0. The molecule has 1 aliphatic rings. The molecule has 0 saturated carbocycles. The van der Waals surface area contributed by atoms with Crippen molar-refractivity contribution in [3.63, 3.8) is 0 Å². The Morgan fingerprint density at radius 2 is 1.45 bits per heavy atom. The first-order valence-electron chi connectivity index (χ1n) is 11.3. The average molecular weight is 466 g/mol. The van der Waals surface area contributed by atoms with Gasteiger partial charge in [0.1, 0.15) is 5.75 Å². The summed E-state index contributed by atoms with van der Waals surface area (Å²) in [6, 6.07) is 18.9. The Hall–Kier alpha value is -3.18. The highest BCUT2D eigenvalue weighted by atomic mass is 35.5. The van der Waals surface area contributed by atoms with Gasteiger partial charge in [-0.05, 0) is 86.0 Å². The Labute approximate surface area is 199 Å². The Morgan fingerprint density at radius 1 is 0.848 bits per heavy atom. The number of benzene rings is 3. The minimum atomic E-state index is -0.326. The summed E-state index contributed by atoms with van der Waals surface area (Å²) in [5.74, 6) is 2.15. The van der Waals surface area contributed by atoms with Gasteiger partial charge in [0.2, 0.25) is 5.91 Å². The van der Waals surface area contributed by atoms with Crippen LogP contribution in [-0.2, 0) is 11.2 Å². The number of nitrogens with zero attached hydrogens (tertiary/aromatic N) is 1. The van der Waals surface area contributed by atoms with Gasteiger partial charge in [0, 0.05) is 10.7 Å². The van der Waals surface area contributed by atoms with Gasteiger partial charge in [0.25, 0.3) is 0 Å². The Morgan fingerprint density at radius 3 is 2.06 bits per heavy atom. The summed E-state index contributed by atoms with van der Waals surface area (Å²) in [5.41, 5.74) is 3.73. The summed E-state index contributed by atoms with van der Waals surface area (Å²) >= 11 is 6.12. The number of amides is 1. The minimum Gasteiger partial charge on any atom is -0.494 e. The van der Waals surface area contributed by atoms with E-state index in [4.69, 9.17) is 25.8 Å². The molecule has 4 rings (SSSR count). The van der Waals surface area contributed by atoms with Crippen LogP contribution in [0.25, 0.3) is 0 Å². The molecule has 0 saturated heterocycles. The summed E-state index contributed by atoms with van der Waals surface area (Å²) in [6.45, 7) is 7.47. The van der Waals surface area contributed by atoms with Gasteiger partial charge in [-0.25, -0.2) is 0 Å².